The van der Waals surface area contributed by atoms with Gasteiger partial charge in [-0.2, -0.15) is 0 Å². The molecule has 1 aliphatic heterocycles. The number of piperidine rings is 1. The van der Waals surface area contributed by atoms with Gasteiger partial charge < -0.3 is 9.64 Å². The molecule has 1 fully saturated rings. The smallest absolute Gasteiger partial charge is 0.410 e. The lowest BCUT2D eigenvalue weighted by Crippen LogP contribution is -2.41. The van der Waals surface area contributed by atoms with Crippen molar-refractivity contribution in [3.8, 4) is 11.8 Å². The van der Waals surface area contributed by atoms with Crippen molar-refractivity contribution in [3.63, 3.8) is 0 Å². The van der Waals surface area contributed by atoms with E-state index >= 15 is 0 Å². The van der Waals surface area contributed by atoms with Gasteiger partial charge in [0.15, 0.2) is 0 Å². The Morgan fingerprint density at radius 3 is 2.72 bits per heavy atom. The van der Waals surface area contributed by atoms with Crippen LogP contribution in [0.3, 0.4) is 0 Å². The fraction of sp³-hybridized carbons (Fsp3) is 0.429. The summed E-state index contributed by atoms with van der Waals surface area (Å²) in [6.45, 7) is 7.08. The molecule has 2 heterocycles. The van der Waals surface area contributed by atoms with Crippen LogP contribution < -0.4 is 0 Å². The summed E-state index contributed by atoms with van der Waals surface area (Å²) in [6, 6.07) is 10.1. The van der Waals surface area contributed by atoms with Crippen molar-refractivity contribution in [2.75, 3.05) is 13.1 Å². The molecule has 4 nitrogen and oxygen atoms in total. The fourth-order valence-electron chi connectivity index (χ4n) is 2.87. The number of amides is 1. The van der Waals surface area contributed by atoms with E-state index in [0.29, 0.717) is 19.0 Å². The van der Waals surface area contributed by atoms with Gasteiger partial charge in [-0.3, -0.25) is 4.98 Å². The number of rotatable bonds is 0. The quantitative estimate of drug-likeness (QED) is 0.676. The lowest BCUT2D eigenvalue weighted by atomic mass is 9.97. The first-order valence-electron chi connectivity index (χ1n) is 8.75. The van der Waals surface area contributed by atoms with Crippen LogP contribution in [0.4, 0.5) is 4.79 Å². The molecule has 0 atom stereocenters. The number of ether oxygens (including phenoxy) is 1. The molecule has 25 heavy (non-hydrogen) atoms. The monoisotopic (exact) mass is 336 g/mol. The molecule has 0 spiro atoms. The standard InChI is InChI=1S/C21H24N2O2/c1-21(2,3)25-20(24)23-13-10-16(11-14-23)6-7-17-8-9-19-18(15-17)5-4-12-22-19/h4-5,8-9,12,15-16H,10-11,13-14H2,1-3H3. The van der Waals surface area contributed by atoms with Crippen molar-refractivity contribution in [3.05, 3.63) is 42.1 Å². The Labute approximate surface area is 149 Å². The van der Waals surface area contributed by atoms with Crippen LogP contribution in [0.2, 0.25) is 0 Å². The summed E-state index contributed by atoms with van der Waals surface area (Å²) in [5.41, 5.74) is 1.55. The maximum atomic E-state index is 12.1. The number of hydrogen-bond donors (Lipinski definition) is 0. The lowest BCUT2D eigenvalue weighted by molar-refractivity contribution is 0.0199. The minimum atomic E-state index is -0.446. The van der Waals surface area contributed by atoms with Crippen LogP contribution in [0.5, 0.6) is 0 Å². The Morgan fingerprint density at radius 1 is 1.24 bits per heavy atom. The average Bonchev–Trinajstić information content (AvgIpc) is 2.59. The van der Waals surface area contributed by atoms with Gasteiger partial charge in [0.2, 0.25) is 0 Å². The highest BCUT2D eigenvalue weighted by Crippen LogP contribution is 2.19. The molecule has 0 unspecified atom stereocenters. The Morgan fingerprint density at radius 2 is 2.00 bits per heavy atom. The van der Waals surface area contributed by atoms with Crippen molar-refractivity contribution < 1.29 is 9.53 Å². The second kappa shape index (κ2) is 7.14. The van der Waals surface area contributed by atoms with Crippen molar-refractivity contribution in [1.82, 2.24) is 9.88 Å². The van der Waals surface area contributed by atoms with Gasteiger partial charge >= 0.3 is 6.09 Å². The van der Waals surface area contributed by atoms with E-state index in [1.807, 2.05) is 45.0 Å². The highest BCUT2D eigenvalue weighted by molar-refractivity contribution is 5.79. The predicted octanol–water partition coefficient (Wildman–Crippen LogP) is 4.23. The summed E-state index contributed by atoms with van der Waals surface area (Å²) in [7, 11) is 0. The number of carbonyl (C=O) groups is 1. The molecule has 0 radical (unpaired) electrons. The van der Waals surface area contributed by atoms with Gasteiger partial charge in [0.25, 0.3) is 0 Å². The van der Waals surface area contributed by atoms with E-state index in [9.17, 15) is 4.79 Å². The van der Waals surface area contributed by atoms with E-state index in [1.54, 1.807) is 11.1 Å². The number of nitrogens with zero attached hydrogens (tertiary/aromatic N) is 2. The summed E-state index contributed by atoms with van der Waals surface area (Å²) in [6.07, 6.45) is 3.36. The molecule has 0 aliphatic carbocycles. The van der Waals surface area contributed by atoms with Crippen molar-refractivity contribution in [1.29, 1.82) is 0 Å². The van der Waals surface area contributed by atoms with Gasteiger partial charge in [0.05, 0.1) is 5.52 Å². The molecule has 1 aliphatic rings. The minimum absolute atomic E-state index is 0.221. The van der Waals surface area contributed by atoms with E-state index in [-0.39, 0.29) is 6.09 Å². The Kier molecular flexibility index (Phi) is 4.94. The average molecular weight is 336 g/mol. The second-order valence-corrected chi connectivity index (χ2v) is 7.42. The molecule has 0 bridgehead atoms. The van der Waals surface area contributed by atoms with Crippen molar-refractivity contribution in [2.24, 2.45) is 5.92 Å². The van der Waals surface area contributed by atoms with Crippen LogP contribution in [-0.4, -0.2) is 34.7 Å². The fourth-order valence-corrected chi connectivity index (χ4v) is 2.87. The zero-order valence-corrected chi connectivity index (χ0v) is 15.1. The third kappa shape index (κ3) is 4.73. The van der Waals surface area contributed by atoms with Gasteiger partial charge in [-0.1, -0.05) is 17.9 Å². The van der Waals surface area contributed by atoms with Crippen LogP contribution in [0, 0.1) is 17.8 Å². The Balaban J connectivity index is 1.59. The number of pyridine rings is 1. The molecule has 3 rings (SSSR count). The molecule has 1 saturated heterocycles. The zero-order valence-electron chi connectivity index (χ0n) is 15.1. The summed E-state index contributed by atoms with van der Waals surface area (Å²) >= 11 is 0. The molecule has 0 N–H and O–H groups in total. The zero-order chi connectivity index (χ0) is 17.9. The van der Waals surface area contributed by atoms with E-state index in [4.69, 9.17) is 4.74 Å². The topological polar surface area (TPSA) is 42.4 Å². The summed E-state index contributed by atoms with van der Waals surface area (Å²) in [5, 5.41) is 1.11. The molecule has 130 valence electrons. The number of fused-ring (bicyclic) bond motifs is 1. The SMILES string of the molecule is CC(C)(C)OC(=O)N1CCC(C#Cc2ccc3ncccc3c2)CC1. The number of aromatic nitrogens is 1. The van der Waals surface area contributed by atoms with Crippen LogP contribution >= 0.6 is 0 Å². The first-order chi connectivity index (χ1) is 11.9. The third-order valence-corrected chi connectivity index (χ3v) is 4.17. The van der Waals surface area contributed by atoms with Gasteiger partial charge in [-0.05, 0) is 57.9 Å². The minimum Gasteiger partial charge on any atom is -0.444 e. The number of hydrogen-bond acceptors (Lipinski definition) is 3. The molecule has 4 heteroatoms. The molecular formula is C21H24N2O2. The summed E-state index contributed by atoms with van der Waals surface area (Å²) in [4.78, 5) is 18.2. The van der Waals surface area contributed by atoms with E-state index in [2.05, 4.69) is 22.9 Å². The maximum absolute atomic E-state index is 12.1. The number of likely N-dealkylation sites (tertiary alicyclic amines) is 1. The van der Waals surface area contributed by atoms with Gasteiger partial charge in [-0.25, -0.2) is 4.79 Å². The van der Waals surface area contributed by atoms with Gasteiger partial charge in [0.1, 0.15) is 5.60 Å². The first kappa shape index (κ1) is 17.3. The molecule has 1 aromatic carbocycles. The van der Waals surface area contributed by atoms with Crippen LogP contribution in [0.1, 0.15) is 39.2 Å². The highest BCUT2D eigenvalue weighted by atomic mass is 16.6. The van der Waals surface area contributed by atoms with E-state index in [1.165, 1.54) is 0 Å². The maximum Gasteiger partial charge on any atom is 0.410 e. The lowest BCUT2D eigenvalue weighted by Gasteiger charge is -2.31. The normalized spacial score (nSPS) is 15.6. The number of benzene rings is 1. The van der Waals surface area contributed by atoms with Crippen molar-refractivity contribution >= 4 is 17.0 Å². The van der Waals surface area contributed by atoms with Gasteiger partial charge in [-0.15, -0.1) is 0 Å². The molecule has 0 saturated carbocycles. The third-order valence-electron chi connectivity index (χ3n) is 4.17. The summed E-state index contributed by atoms with van der Waals surface area (Å²) < 4.78 is 5.43. The predicted molar refractivity (Wildman–Crippen MR) is 99.2 cm³/mol. The molecule has 1 aromatic heterocycles. The Bertz CT molecular complexity index is 819. The van der Waals surface area contributed by atoms with Crippen LogP contribution in [0.25, 0.3) is 10.9 Å². The molecule has 1 amide bonds. The largest absolute Gasteiger partial charge is 0.444 e. The molecule has 2 aromatic rings. The van der Waals surface area contributed by atoms with Crippen LogP contribution in [-0.2, 0) is 4.74 Å². The van der Waals surface area contributed by atoms with Crippen LogP contribution in [0.15, 0.2) is 36.5 Å². The van der Waals surface area contributed by atoms with Gasteiger partial charge in [0, 0.05) is 36.2 Å². The number of carbonyl (C=O) groups excluding carboxylic acids is 1. The van der Waals surface area contributed by atoms with E-state index < -0.39 is 5.60 Å². The first-order valence-corrected chi connectivity index (χ1v) is 8.75. The van der Waals surface area contributed by atoms with E-state index in [0.717, 1.165) is 29.3 Å². The summed E-state index contributed by atoms with van der Waals surface area (Å²) in [5.74, 6) is 6.96. The van der Waals surface area contributed by atoms with Crippen molar-refractivity contribution in [2.45, 2.75) is 39.2 Å². The Hall–Kier alpha value is -2.54. The molecular weight excluding hydrogens is 312 g/mol. The highest BCUT2D eigenvalue weighted by Gasteiger charge is 2.26. The second-order valence-electron chi connectivity index (χ2n) is 7.42.